The molecule has 0 spiro atoms. The average Bonchev–Trinajstić information content (AvgIpc) is 2.70. The molecule has 0 aliphatic carbocycles. The summed E-state index contributed by atoms with van der Waals surface area (Å²) in [5.41, 5.74) is 0.532. The molecule has 0 unspecified atom stereocenters. The van der Waals surface area contributed by atoms with E-state index >= 15 is 0 Å². The highest BCUT2D eigenvalue weighted by Gasteiger charge is 2.25. The molecule has 148 valence electrons. The van der Waals surface area contributed by atoms with Gasteiger partial charge in [0.15, 0.2) is 0 Å². The van der Waals surface area contributed by atoms with Gasteiger partial charge in [-0.2, -0.15) is 0 Å². The van der Waals surface area contributed by atoms with Crippen LogP contribution in [0, 0.1) is 0 Å². The van der Waals surface area contributed by atoms with Gasteiger partial charge in [0.1, 0.15) is 5.82 Å². The summed E-state index contributed by atoms with van der Waals surface area (Å²) < 4.78 is 5.04. The van der Waals surface area contributed by atoms with Crippen molar-refractivity contribution >= 4 is 29.4 Å². The number of likely N-dealkylation sites (tertiary alicyclic amines) is 2. The minimum atomic E-state index is -0.257. The second-order valence-corrected chi connectivity index (χ2v) is 7.42. The van der Waals surface area contributed by atoms with Gasteiger partial charge >= 0.3 is 6.09 Å². The van der Waals surface area contributed by atoms with Crippen molar-refractivity contribution in [1.82, 2.24) is 14.8 Å². The van der Waals surface area contributed by atoms with Crippen molar-refractivity contribution in [2.45, 2.75) is 45.1 Å². The van der Waals surface area contributed by atoms with Crippen molar-refractivity contribution in [3.63, 3.8) is 0 Å². The number of piperidine rings is 2. The number of nitrogens with one attached hydrogen (secondary N) is 1. The van der Waals surface area contributed by atoms with Crippen molar-refractivity contribution in [3.05, 3.63) is 22.8 Å². The summed E-state index contributed by atoms with van der Waals surface area (Å²) in [5, 5.41) is 3.79. The molecule has 0 atom stereocenters. The van der Waals surface area contributed by atoms with Crippen molar-refractivity contribution in [1.29, 1.82) is 0 Å². The largest absolute Gasteiger partial charge is 0.450 e. The van der Waals surface area contributed by atoms with E-state index in [0.717, 1.165) is 38.8 Å². The number of amides is 2. The number of pyridine rings is 1. The van der Waals surface area contributed by atoms with Crippen molar-refractivity contribution < 1.29 is 14.3 Å². The molecule has 8 heteroatoms. The topological polar surface area (TPSA) is 74.8 Å². The SMILES string of the molecule is CCOC(=O)N1CCC(Nc2ncc(C(=O)N3CCCCC3)cc2Cl)CC1. The third-order valence-electron chi connectivity index (χ3n) is 5.09. The second kappa shape index (κ2) is 9.26. The molecule has 1 N–H and O–H groups in total. The van der Waals surface area contributed by atoms with Gasteiger partial charge in [-0.25, -0.2) is 9.78 Å². The molecule has 2 amide bonds. The molecule has 2 fully saturated rings. The molecule has 1 aromatic rings. The van der Waals surface area contributed by atoms with E-state index in [1.165, 1.54) is 6.42 Å². The summed E-state index contributed by atoms with van der Waals surface area (Å²) in [5.74, 6) is 0.583. The molecule has 2 saturated heterocycles. The first-order valence-electron chi connectivity index (χ1n) is 9.71. The lowest BCUT2D eigenvalue weighted by Gasteiger charge is -2.32. The molecule has 0 radical (unpaired) electrons. The van der Waals surface area contributed by atoms with Gasteiger partial charge in [-0.3, -0.25) is 4.79 Å². The number of halogens is 1. The molecule has 7 nitrogen and oxygen atoms in total. The van der Waals surface area contributed by atoms with Crippen LogP contribution in [0.15, 0.2) is 12.3 Å². The van der Waals surface area contributed by atoms with Crippen molar-refractivity contribution in [2.75, 3.05) is 38.1 Å². The zero-order valence-corrected chi connectivity index (χ0v) is 16.5. The molecule has 27 heavy (non-hydrogen) atoms. The Morgan fingerprint density at radius 2 is 1.89 bits per heavy atom. The Hall–Kier alpha value is -2.02. The van der Waals surface area contributed by atoms with Gasteiger partial charge in [0.05, 0.1) is 17.2 Å². The lowest BCUT2D eigenvalue weighted by Crippen LogP contribution is -2.42. The maximum atomic E-state index is 12.6. The van der Waals surface area contributed by atoms with E-state index in [4.69, 9.17) is 16.3 Å². The fourth-order valence-corrected chi connectivity index (χ4v) is 3.78. The molecule has 2 aliphatic heterocycles. The fourth-order valence-electron chi connectivity index (χ4n) is 3.56. The normalized spacial score (nSPS) is 18.3. The number of hydrogen-bond acceptors (Lipinski definition) is 5. The number of nitrogens with zero attached hydrogens (tertiary/aromatic N) is 3. The van der Waals surface area contributed by atoms with Gasteiger partial charge in [-0.1, -0.05) is 11.6 Å². The summed E-state index contributed by atoms with van der Waals surface area (Å²) in [4.78, 5) is 32.3. The molecule has 2 aliphatic rings. The molecule has 3 rings (SSSR count). The number of ether oxygens (including phenoxy) is 1. The summed E-state index contributed by atoms with van der Waals surface area (Å²) in [7, 11) is 0. The standard InChI is InChI=1S/C19H27ClN4O3/c1-2-27-19(26)24-10-6-15(7-11-24)22-17-16(20)12-14(13-21-17)18(25)23-8-4-3-5-9-23/h12-13,15H,2-11H2,1H3,(H,21,22). The van der Waals surface area contributed by atoms with E-state index in [1.807, 2.05) is 4.90 Å². The maximum absolute atomic E-state index is 12.6. The number of rotatable bonds is 4. The van der Waals surface area contributed by atoms with Crippen LogP contribution in [-0.4, -0.2) is 65.6 Å². The first-order chi connectivity index (χ1) is 13.1. The van der Waals surface area contributed by atoms with Crippen LogP contribution in [0.25, 0.3) is 0 Å². The van der Waals surface area contributed by atoms with Gasteiger partial charge in [-0.15, -0.1) is 0 Å². The maximum Gasteiger partial charge on any atom is 0.409 e. The zero-order valence-electron chi connectivity index (χ0n) is 15.7. The van der Waals surface area contributed by atoms with E-state index in [1.54, 1.807) is 24.1 Å². The van der Waals surface area contributed by atoms with Gasteiger partial charge in [0, 0.05) is 38.4 Å². The number of carbonyl (C=O) groups is 2. The number of anilines is 1. The predicted molar refractivity (Wildman–Crippen MR) is 104 cm³/mol. The monoisotopic (exact) mass is 394 g/mol. The summed E-state index contributed by atoms with van der Waals surface area (Å²) >= 11 is 6.37. The van der Waals surface area contributed by atoms with Gasteiger partial charge in [-0.05, 0) is 45.1 Å². The van der Waals surface area contributed by atoms with Crippen LogP contribution in [0.3, 0.4) is 0 Å². The zero-order chi connectivity index (χ0) is 19.2. The Labute approximate surface area is 165 Å². The van der Waals surface area contributed by atoms with Crippen LogP contribution < -0.4 is 5.32 Å². The van der Waals surface area contributed by atoms with E-state index in [9.17, 15) is 9.59 Å². The predicted octanol–water partition coefficient (Wildman–Crippen LogP) is 3.39. The van der Waals surface area contributed by atoms with Crippen LogP contribution in [0.2, 0.25) is 5.02 Å². The van der Waals surface area contributed by atoms with E-state index in [-0.39, 0.29) is 18.0 Å². The Morgan fingerprint density at radius 1 is 1.19 bits per heavy atom. The van der Waals surface area contributed by atoms with Crippen LogP contribution in [0.4, 0.5) is 10.6 Å². The number of carbonyl (C=O) groups excluding carboxylic acids is 2. The van der Waals surface area contributed by atoms with Crippen LogP contribution in [0.1, 0.15) is 49.4 Å². The highest BCUT2D eigenvalue weighted by atomic mass is 35.5. The molecule has 1 aromatic heterocycles. The van der Waals surface area contributed by atoms with Crippen LogP contribution >= 0.6 is 11.6 Å². The van der Waals surface area contributed by atoms with Crippen LogP contribution in [-0.2, 0) is 4.74 Å². The van der Waals surface area contributed by atoms with Crippen LogP contribution in [0.5, 0.6) is 0 Å². The molecule has 0 bridgehead atoms. The van der Waals surface area contributed by atoms with E-state index < -0.39 is 0 Å². The molecular formula is C19H27ClN4O3. The second-order valence-electron chi connectivity index (χ2n) is 7.01. The Balaban J connectivity index is 1.55. The van der Waals surface area contributed by atoms with E-state index in [0.29, 0.717) is 36.1 Å². The van der Waals surface area contributed by atoms with Gasteiger partial charge < -0.3 is 19.9 Å². The third kappa shape index (κ3) is 5.03. The Morgan fingerprint density at radius 3 is 2.52 bits per heavy atom. The summed E-state index contributed by atoms with van der Waals surface area (Å²) in [6.45, 7) is 5.07. The van der Waals surface area contributed by atoms with E-state index in [2.05, 4.69) is 10.3 Å². The lowest BCUT2D eigenvalue weighted by atomic mass is 10.1. The first-order valence-corrected chi connectivity index (χ1v) is 10.1. The summed E-state index contributed by atoms with van der Waals surface area (Å²) in [6, 6.07) is 1.88. The first kappa shape index (κ1) is 19.7. The van der Waals surface area contributed by atoms with Crippen molar-refractivity contribution in [2.24, 2.45) is 0 Å². The molecule has 3 heterocycles. The highest BCUT2D eigenvalue weighted by molar-refractivity contribution is 6.33. The van der Waals surface area contributed by atoms with Gasteiger partial charge in [0.2, 0.25) is 0 Å². The number of aromatic nitrogens is 1. The van der Waals surface area contributed by atoms with Gasteiger partial charge in [0.25, 0.3) is 5.91 Å². The molecule has 0 saturated carbocycles. The molecular weight excluding hydrogens is 368 g/mol. The molecule has 0 aromatic carbocycles. The smallest absolute Gasteiger partial charge is 0.409 e. The van der Waals surface area contributed by atoms with Crippen molar-refractivity contribution in [3.8, 4) is 0 Å². The average molecular weight is 395 g/mol. The minimum Gasteiger partial charge on any atom is -0.450 e. The third-order valence-corrected chi connectivity index (χ3v) is 5.38. The Kier molecular flexibility index (Phi) is 6.77. The minimum absolute atomic E-state index is 0.00149. The number of hydrogen-bond donors (Lipinski definition) is 1. The lowest BCUT2D eigenvalue weighted by molar-refractivity contribution is 0.0724. The summed E-state index contributed by atoms with van der Waals surface area (Å²) in [6.07, 6.45) is 6.22. The Bertz CT molecular complexity index is 671. The highest BCUT2D eigenvalue weighted by Crippen LogP contribution is 2.24. The fraction of sp³-hybridized carbons (Fsp3) is 0.632. The quantitative estimate of drug-likeness (QED) is 0.847.